The van der Waals surface area contributed by atoms with Crippen molar-refractivity contribution >= 4 is 56.0 Å². The van der Waals surface area contributed by atoms with E-state index < -0.39 is 0 Å². The second-order valence-corrected chi connectivity index (χ2v) is 6.86. The first kappa shape index (κ1) is 14.6. The molecule has 0 radical (unpaired) electrons. The topological polar surface area (TPSA) is 29.1 Å². The van der Waals surface area contributed by atoms with Gasteiger partial charge in [-0.2, -0.15) is 0 Å². The van der Waals surface area contributed by atoms with Crippen LogP contribution in [0.1, 0.15) is 36.0 Å². The number of carbonyl (C=O) groups excluding carboxylic acids is 1. The molecular weight excluding hydrogens is 428 g/mol. The van der Waals surface area contributed by atoms with Crippen molar-refractivity contribution in [3.8, 4) is 0 Å². The zero-order valence-electron chi connectivity index (χ0n) is 9.81. The van der Waals surface area contributed by atoms with Gasteiger partial charge in [-0.15, -0.1) is 0 Å². The minimum atomic E-state index is -0.0809. The van der Waals surface area contributed by atoms with Gasteiger partial charge in [0.05, 0.1) is 11.1 Å². The van der Waals surface area contributed by atoms with Crippen LogP contribution in [0.4, 0.5) is 0 Å². The van der Waals surface area contributed by atoms with Crippen molar-refractivity contribution < 1.29 is 4.79 Å². The first-order valence-electron chi connectivity index (χ1n) is 5.90. The molecule has 0 aromatic heterocycles. The fraction of sp³-hybridized carbons (Fsp3) is 0.462. The van der Waals surface area contributed by atoms with E-state index in [4.69, 9.17) is 11.6 Å². The van der Waals surface area contributed by atoms with Gasteiger partial charge in [-0.3, -0.25) is 4.79 Å². The SMILES string of the molecule is O=C(NC1(CBr)CCCC1)c1cc(Cl)ccc1I. The van der Waals surface area contributed by atoms with E-state index in [9.17, 15) is 4.79 Å². The molecule has 2 rings (SSSR count). The van der Waals surface area contributed by atoms with E-state index in [2.05, 4.69) is 43.8 Å². The number of benzene rings is 1. The Hall–Kier alpha value is 0.190. The number of amides is 1. The first-order valence-corrected chi connectivity index (χ1v) is 8.48. The number of halogens is 3. The van der Waals surface area contributed by atoms with E-state index in [0.717, 1.165) is 21.7 Å². The lowest BCUT2D eigenvalue weighted by Crippen LogP contribution is -2.47. The predicted octanol–water partition coefficient (Wildman–Crippen LogP) is 4.38. The van der Waals surface area contributed by atoms with Crippen LogP contribution in [0.3, 0.4) is 0 Å². The molecule has 1 N–H and O–H groups in total. The molecule has 98 valence electrons. The molecule has 0 atom stereocenters. The van der Waals surface area contributed by atoms with Crippen molar-refractivity contribution in [1.29, 1.82) is 0 Å². The van der Waals surface area contributed by atoms with Gasteiger partial charge >= 0.3 is 0 Å². The third-order valence-electron chi connectivity index (χ3n) is 3.37. The molecule has 18 heavy (non-hydrogen) atoms. The van der Waals surface area contributed by atoms with E-state index in [1.165, 1.54) is 12.8 Å². The molecule has 1 aliphatic rings. The lowest BCUT2D eigenvalue weighted by Gasteiger charge is -2.28. The second-order valence-electron chi connectivity index (χ2n) is 4.70. The quantitative estimate of drug-likeness (QED) is 0.546. The molecule has 1 amide bonds. The summed E-state index contributed by atoms with van der Waals surface area (Å²) in [6, 6.07) is 5.40. The highest BCUT2D eigenvalue weighted by Gasteiger charge is 2.34. The average molecular weight is 443 g/mol. The zero-order chi connectivity index (χ0) is 13.2. The highest BCUT2D eigenvalue weighted by Crippen LogP contribution is 2.32. The second kappa shape index (κ2) is 6.09. The molecule has 2 nitrogen and oxygen atoms in total. The Kier molecular flexibility index (Phi) is 4.94. The fourth-order valence-corrected chi connectivity index (χ4v) is 3.78. The Morgan fingerprint density at radius 2 is 2.11 bits per heavy atom. The van der Waals surface area contributed by atoms with Crippen LogP contribution >= 0.6 is 50.1 Å². The minimum Gasteiger partial charge on any atom is -0.346 e. The lowest BCUT2D eigenvalue weighted by atomic mass is 10.00. The molecule has 1 aliphatic carbocycles. The van der Waals surface area contributed by atoms with Crippen molar-refractivity contribution in [1.82, 2.24) is 5.32 Å². The van der Waals surface area contributed by atoms with Crippen LogP contribution in [0.5, 0.6) is 0 Å². The van der Waals surface area contributed by atoms with Crippen LogP contribution in [-0.4, -0.2) is 16.8 Å². The van der Waals surface area contributed by atoms with Gasteiger partial charge in [0.2, 0.25) is 0 Å². The van der Waals surface area contributed by atoms with Gasteiger partial charge in [-0.05, 0) is 53.6 Å². The molecule has 0 aliphatic heterocycles. The van der Waals surface area contributed by atoms with Gasteiger partial charge in [0.1, 0.15) is 0 Å². The Morgan fingerprint density at radius 3 is 2.72 bits per heavy atom. The normalized spacial score (nSPS) is 17.7. The van der Waals surface area contributed by atoms with Gasteiger partial charge in [-0.25, -0.2) is 0 Å². The Labute approximate surface area is 134 Å². The molecule has 1 aromatic rings. The monoisotopic (exact) mass is 441 g/mol. The summed E-state index contributed by atoms with van der Waals surface area (Å²) < 4.78 is 0.928. The van der Waals surface area contributed by atoms with Gasteiger partial charge in [0.15, 0.2) is 0 Å². The maximum Gasteiger partial charge on any atom is 0.252 e. The van der Waals surface area contributed by atoms with Gasteiger partial charge in [0.25, 0.3) is 5.91 Å². The smallest absolute Gasteiger partial charge is 0.252 e. The molecule has 1 aromatic carbocycles. The van der Waals surface area contributed by atoms with Crippen LogP contribution in [0, 0.1) is 3.57 Å². The number of hydrogen-bond donors (Lipinski definition) is 1. The summed E-state index contributed by atoms with van der Waals surface area (Å²) in [6.45, 7) is 0. The third-order valence-corrected chi connectivity index (χ3v) is 5.62. The maximum atomic E-state index is 12.3. The Morgan fingerprint density at radius 1 is 1.44 bits per heavy atom. The van der Waals surface area contributed by atoms with Crippen LogP contribution < -0.4 is 5.32 Å². The average Bonchev–Trinajstić information content (AvgIpc) is 2.81. The number of rotatable bonds is 3. The summed E-state index contributed by atoms with van der Waals surface area (Å²) in [7, 11) is 0. The predicted molar refractivity (Wildman–Crippen MR) is 86.6 cm³/mol. The largest absolute Gasteiger partial charge is 0.346 e. The van der Waals surface area contributed by atoms with Crippen molar-refractivity contribution in [2.24, 2.45) is 0 Å². The zero-order valence-corrected chi connectivity index (χ0v) is 14.3. The molecule has 0 bridgehead atoms. The lowest BCUT2D eigenvalue weighted by molar-refractivity contribution is 0.0909. The molecular formula is C13H14BrClINO. The fourth-order valence-electron chi connectivity index (χ4n) is 2.32. The van der Waals surface area contributed by atoms with E-state index in [0.29, 0.717) is 10.6 Å². The standard InChI is InChI=1S/C13H14BrClINO/c14-8-13(5-1-2-6-13)17-12(18)10-7-9(15)3-4-11(10)16/h3-4,7H,1-2,5-6,8H2,(H,17,18). The number of alkyl halides is 1. The molecule has 5 heteroatoms. The summed E-state index contributed by atoms with van der Waals surface area (Å²) in [4.78, 5) is 12.3. The van der Waals surface area contributed by atoms with E-state index in [1.807, 2.05) is 6.07 Å². The summed E-state index contributed by atoms with van der Waals surface area (Å²) in [5, 5.41) is 4.58. The summed E-state index contributed by atoms with van der Waals surface area (Å²) >= 11 is 11.6. The Bertz CT molecular complexity index is 460. The third kappa shape index (κ3) is 3.20. The molecule has 0 heterocycles. The Balaban J connectivity index is 2.18. The first-order chi connectivity index (χ1) is 8.56. The van der Waals surface area contributed by atoms with Gasteiger partial charge in [-0.1, -0.05) is 40.4 Å². The highest BCUT2D eigenvalue weighted by molar-refractivity contribution is 14.1. The highest BCUT2D eigenvalue weighted by atomic mass is 127. The van der Waals surface area contributed by atoms with Crippen molar-refractivity contribution in [2.75, 3.05) is 5.33 Å². The van der Waals surface area contributed by atoms with Crippen molar-refractivity contribution in [3.63, 3.8) is 0 Å². The summed E-state index contributed by atoms with van der Waals surface area (Å²) in [6.07, 6.45) is 4.44. The van der Waals surface area contributed by atoms with Crippen molar-refractivity contribution in [2.45, 2.75) is 31.2 Å². The molecule has 1 fully saturated rings. The van der Waals surface area contributed by atoms with Crippen molar-refractivity contribution in [3.05, 3.63) is 32.4 Å². The molecule has 0 unspecified atom stereocenters. The van der Waals surface area contributed by atoms with Crippen LogP contribution in [0.2, 0.25) is 5.02 Å². The summed E-state index contributed by atoms with van der Waals surface area (Å²) in [5.74, 6) is -0.0248. The van der Waals surface area contributed by atoms with Crippen LogP contribution in [0.25, 0.3) is 0 Å². The molecule has 0 spiro atoms. The van der Waals surface area contributed by atoms with E-state index in [1.54, 1.807) is 12.1 Å². The van der Waals surface area contributed by atoms with E-state index in [-0.39, 0.29) is 11.4 Å². The molecule has 0 saturated heterocycles. The number of nitrogens with one attached hydrogen (secondary N) is 1. The minimum absolute atomic E-state index is 0.0248. The van der Waals surface area contributed by atoms with E-state index >= 15 is 0 Å². The number of hydrogen-bond acceptors (Lipinski definition) is 1. The van der Waals surface area contributed by atoms with Gasteiger partial charge < -0.3 is 5.32 Å². The summed E-state index contributed by atoms with van der Waals surface area (Å²) in [5.41, 5.74) is 0.581. The maximum absolute atomic E-state index is 12.3. The number of carbonyl (C=O) groups is 1. The van der Waals surface area contributed by atoms with Crippen LogP contribution in [-0.2, 0) is 0 Å². The van der Waals surface area contributed by atoms with Gasteiger partial charge in [0, 0.05) is 13.9 Å². The molecule has 1 saturated carbocycles. The van der Waals surface area contributed by atoms with Crippen LogP contribution in [0.15, 0.2) is 18.2 Å².